The van der Waals surface area contributed by atoms with E-state index in [-0.39, 0.29) is 42.4 Å². The average molecular weight is 653 g/mol. The zero-order valence-electron chi connectivity index (χ0n) is 27.1. The Labute approximate surface area is 279 Å². The van der Waals surface area contributed by atoms with Gasteiger partial charge in [0, 0.05) is 17.8 Å². The molecule has 48 heavy (non-hydrogen) atoms. The normalized spacial score (nSPS) is 15.4. The van der Waals surface area contributed by atoms with Crippen molar-refractivity contribution in [3.05, 3.63) is 113 Å². The van der Waals surface area contributed by atoms with E-state index in [0.717, 1.165) is 11.1 Å². The minimum Gasteiger partial charge on any atom is -0.545 e. The number of nitrogens with one attached hydrogen (secondary N) is 2. The largest absolute Gasteiger partial charge is 0.545 e. The second-order valence-corrected chi connectivity index (χ2v) is 11.4. The number of nitrogens with zero attached hydrogens (tertiary/aromatic N) is 1. The maximum Gasteiger partial charge on any atom is 0.323 e. The van der Waals surface area contributed by atoms with E-state index in [1.165, 1.54) is 32.4 Å². The molecule has 11 nitrogen and oxygen atoms in total. The quantitative estimate of drug-likeness (QED) is 0.210. The fraction of sp³-hybridized carbons (Fsp3) is 0.270. The Kier molecular flexibility index (Phi) is 11.1. The SMILES string of the molecule is COc1cc(CC(=O)N2CC(OCc3ccccc3)CC2COc2ccc(C(=O)[O-])cc2OC)ccc1NC(=O)Nc1ccccc1C. The molecule has 11 heteroatoms. The van der Waals surface area contributed by atoms with E-state index >= 15 is 0 Å². The van der Waals surface area contributed by atoms with Gasteiger partial charge in [0.1, 0.15) is 12.4 Å². The molecule has 0 spiro atoms. The van der Waals surface area contributed by atoms with Gasteiger partial charge in [0.15, 0.2) is 11.5 Å². The molecule has 4 aromatic carbocycles. The van der Waals surface area contributed by atoms with E-state index in [1.807, 2.05) is 61.5 Å². The Hall–Kier alpha value is -5.55. The number of aryl methyl sites for hydroxylation is 1. The van der Waals surface area contributed by atoms with Crippen LogP contribution in [0.25, 0.3) is 0 Å². The van der Waals surface area contributed by atoms with Gasteiger partial charge in [-0.1, -0.05) is 54.6 Å². The number of amides is 3. The predicted molar refractivity (Wildman–Crippen MR) is 178 cm³/mol. The minimum absolute atomic E-state index is 0.0326. The summed E-state index contributed by atoms with van der Waals surface area (Å²) in [5, 5.41) is 17.0. The second kappa shape index (κ2) is 15.8. The zero-order valence-corrected chi connectivity index (χ0v) is 27.1. The maximum atomic E-state index is 13.8. The molecule has 1 fully saturated rings. The standard InChI is InChI=1S/C37H39N3O8/c1-24-9-7-8-12-30(24)38-37(44)39-31-15-13-26(17-33(31)45-2)18-35(41)40-21-29(47-22-25-10-5-4-6-11-25)20-28(40)23-48-32-16-14-27(36(42)43)19-34(32)46-3/h4-17,19,28-29H,18,20-23H2,1-3H3,(H,42,43)(H2,38,39,44)/p-1. The third-order valence-electron chi connectivity index (χ3n) is 8.12. The molecule has 1 aliphatic heterocycles. The zero-order chi connectivity index (χ0) is 34.0. The molecule has 1 aliphatic rings. The van der Waals surface area contributed by atoms with Crippen LogP contribution in [0.4, 0.5) is 16.2 Å². The summed E-state index contributed by atoms with van der Waals surface area (Å²) in [7, 11) is 2.92. The molecule has 0 bridgehead atoms. The number of carbonyl (C=O) groups is 3. The Bertz CT molecular complexity index is 1750. The van der Waals surface area contributed by atoms with Gasteiger partial charge in [-0.25, -0.2) is 4.79 Å². The molecule has 0 aliphatic carbocycles. The number of ether oxygens (including phenoxy) is 4. The molecule has 1 saturated heterocycles. The number of carboxylic acids is 1. The lowest BCUT2D eigenvalue weighted by Crippen LogP contribution is -2.40. The van der Waals surface area contributed by atoms with Crippen molar-refractivity contribution in [1.82, 2.24) is 4.90 Å². The van der Waals surface area contributed by atoms with Crippen molar-refractivity contribution in [2.75, 3.05) is 38.0 Å². The molecule has 2 unspecified atom stereocenters. The van der Waals surface area contributed by atoms with E-state index in [2.05, 4.69) is 10.6 Å². The number of methoxy groups -OCH3 is 2. The molecule has 0 aromatic heterocycles. The highest BCUT2D eigenvalue weighted by Crippen LogP contribution is 2.31. The summed E-state index contributed by atoms with van der Waals surface area (Å²) in [5.74, 6) is -0.441. The fourth-order valence-corrected chi connectivity index (χ4v) is 5.56. The lowest BCUT2D eigenvalue weighted by Gasteiger charge is -2.25. The molecule has 3 amide bonds. The van der Waals surface area contributed by atoms with Crippen molar-refractivity contribution < 1.29 is 38.4 Å². The van der Waals surface area contributed by atoms with Crippen LogP contribution in [0.2, 0.25) is 0 Å². The van der Waals surface area contributed by atoms with Gasteiger partial charge in [0.25, 0.3) is 0 Å². The number of carbonyl (C=O) groups excluding carboxylic acids is 3. The summed E-state index contributed by atoms with van der Waals surface area (Å²) in [4.78, 5) is 39.6. The van der Waals surface area contributed by atoms with Crippen LogP contribution in [-0.4, -0.2) is 62.3 Å². The maximum absolute atomic E-state index is 13.8. The number of aromatic carboxylic acids is 1. The topological polar surface area (TPSA) is 138 Å². The lowest BCUT2D eigenvalue weighted by molar-refractivity contribution is -0.255. The minimum atomic E-state index is -1.32. The van der Waals surface area contributed by atoms with Crippen molar-refractivity contribution in [1.29, 1.82) is 0 Å². The fourth-order valence-electron chi connectivity index (χ4n) is 5.56. The number of carboxylic acid groups (broad SMARTS) is 1. The third-order valence-corrected chi connectivity index (χ3v) is 8.12. The Morgan fingerprint density at radius 3 is 2.27 bits per heavy atom. The number of likely N-dealkylation sites (tertiary alicyclic amines) is 1. The molecule has 250 valence electrons. The van der Waals surface area contributed by atoms with Gasteiger partial charge in [-0.2, -0.15) is 0 Å². The van der Waals surface area contributed by atoms with Crippen molar-refractivity contribution in [3.8, 4) is 17.2 Å². The highest BCUT2D eigenvalue weighted by atomic mass is 16.5. The van der Waals surface area contributed by atoms with Crippen LogP contribution >= 0.6 is 0 Å². The first kappa shape index (κ1) is 33.8. The van der Waals surface area contributed by atoms with Gasteiger partial charge in [-0.15, -0.1) is 0 Å². The van der Waals surface area contributed by atoms with Gasteiger partial charge in [0.2, 0.25) is 5.91 Å². The summed E-state index contributed by atoms with van der Waals surface area (Å²) in [6.45, 7) is 2.82. The highest BCUT2D eigenvalue weighted by molar-refractivity contribution is 6.01. The summed E-state index contributed by atoms with van der Waals surface area (Å²) >= 11 is 0. The number of anilines is 2. The van der Waals surface area contributed by atoms with Crippen LogP contribution in [0.15, 0.2) is 91.0 Å². The molecule has 5 rings (SSSR count). The first-order chi connectivity index (χ1) is 23.2. The number of hydrogen-bond acceptors (Lipinski definition) is 8. The third kappa shape index (κ3) is 8.62. The van der Waals surface area contributed by atoms with Crippen LogP contribution in [-0.2, 0) is 22.6 Å². The first-order valence-corrected chi connectivity index (χ1v) is 15.5. The molecule has 2 atom stereocenters. The molecular formula is C37H38N3O8-. The van der Waals surface area contributed by atoms with Gasteiger partial charge in [-0.05, 0) is 66.4 Å². The van der Waals surface area contributed by atoms with E-state index in [1.54, 1.807) is 23.1 Å². The summed E-state index contributed by atoms with van der Waals surface area (Å²) in [5.41, 5.74) is 3.78. The van der Waals surface area contributed by atoms with Crippen molar-refractivity contribution in [2.45, 2.75) is 38.5 Å². The van der Waals surface area contributed by atoms with E-state index in [0.29, 0.717) is 48.0 Å². The lowest BCUT2D eigenvalue weighted by atomic mass is 10.1. The number of urea groups is 1. The Morgan fingerprint density at radius 1 is 0.812 bits per heavy atom. The van der Waals surface area contributed by atoms with Gasteiger partial charge in [-0.3, -0.25) is 4.79 Å². The Morgan fingerprint density at radius 2 is 1.54 bits per heavy atom. The van der Waals surface area contributed by atoms with Crippen LogP contribution < -0.4 is 30.0 Å². The summed E-state index contributed by atoms with van der Waals surface area (Å²) in [6.07, 6.45) is 0.399. The molecule has 1 heterocycles. The predicted octanol–water partition coefficient (Wildman–Crippen LogP) is 4.83. The van der Waals surface area contributed by atoms with Gasteiger partial charge in [0.05, 0.1) is 51.0 Å². The number of para-hydroxylation sites is 1. The van der Waals surface area contributed by atoms with Crippen molar-refractivity contribution in [3.63, 3.8) is 0 Å². The monoisotopic (exact) mass is 652 g/mol. The molecule has 4 aromatic rings. The first-order valence-electron chi connectivity index (χ1n) is 15.5. The molecular weight excluding hydrogens is 614 g/mol. The molecule has 0 saturated carbocycles. The van der Waals surface area contributed by atoms with E-state index < -0.39 is 12.0 Å². The molecule has 2 N–H and O–H groups in total. The summed E-state index contributed by atoms with van der Waals surface area (Å²) < 4.78 is 23.2. The number of rotatable bonds is 13. The van der Waals surface area contributed by atoms with Crippen LogP contribution in [0, 0.1) is 6.92 Å². The van der Waals surface area contributed by atoms with Crippen molar-refractivity contribution >= 4 is 29.3 Å². The van der Waals surface area contributed by atoms with Crippen LogP contribution in [0.3, 0.4) is 0 Å². The number of benzene rings is 4. The smallest absolute Gasteiger partial charge is 0.323 e. The van der Waals surface area contributed by atoms with Crippen LogP contribution in [0.1, 0.15) is 33.5 Å². The summed E-state index contributed by atoms with van der Waals surface area (Å²) in [6, 6.07) is 26.0. The highest BCUT2D eigenvalue weighted by Gasteiger charge is 2.36. The van der Waals surface area contributed by atoms with Crippen molar-refractivity contribution in [2.24, 2.45) is 0 Å². The Balaban J connectivity index is 1.27. The number of hydrogen-bond donors (Lipinski definition) is 2. The van der Waals surface area contributed by atoms with E-state index in [9.17, 15) is 19.5 Å². The van der Waals surface area contributed by atoms with Gasteiger partial charge < -0.3 is 44.4 Å². The average Bonchev–Trinajstić information content (AvgIpc) is 3.51. The van der Waals surface area contributed by atoms with Gasteiger partial charge >= 0.3 is 6.03 Å². The van der Waals surface area contributed by atoms with E-state index in [4.69, 9.17) is 18.9 Å². The van der Waals surface area contributed by atoms with Crippen LogP contribution in [0.5, 0.6) is 17.2 Å². The molecule has 0 radical (unpaired) electrons. The second-order valence-electron chi connectivity index (χ2n) is 11.4.